The van der Waals surface area contributed by atoms with Gasteiger partial charge in [-0.1, -0.05) is 0 Å². The third kappa shape index (κ3) is 2.77. The summed E-state index contributed by atoms with van der Waals surface area (Å²) in [5.74, 6) is 0. The summed E-state index contributed by atoms with van der Waals surface area (Å²) in [5, 5.41) is 0. The maximum absolute atomic E-state index is 11.5. The van der Waals surface area contributed by atoms with E-state index in [1.54, 1.807) is 19.0 Å². The minimum atomic E-state index is 0.0811. The number of hydrogen-bond acceptors (Lipinski definition) is 3. The summed E-state index contributed by atoms with van der Waals surface area (Å²) in [7, 11) is 3.53. The molecule has 0 aromatic carbocycles. The lowest BCUT2D eigenvalue weighted by Crippen LogP contribution is -2.45. The van der Waals surface area contributed by atoms with Crippen molar-refractivity contribution < 1.29 is 8.98 Å². The molecule has 0 unspecified atom stereocenters. The standard InChI is InChI=1S/C8H16N2O2S/c1-9(2)8(11)10-5-3-7(12-13)4-6-10/h7,13H,3-6H2,1-2H3. The van der Waals surface area contributed by atoms with Crippen molar-refractivity contribution in [3.63, 3.8) is 0 Å². The van der Waals surface area contributed by atoms with Crippen LogP contribution in [0.3, 0.4) is 0 Å². The molecule has 1 heterocycles. The van der Waals surface area contributed by atoms with Crippen LogP contribution < -0.4 is 0 Å². The van der Waals surface area contributed by atoms with E-state index in [2.05, 4.69) is 12.9 Å². The molecule has 1 fully saturated rings. The number of urea groups is 1. The average Bonchev–Trinajstić information content (AvgIpc) is 2.17. The number of amides is 2. The molecule has 1 aliphatic heterocycles. The molecule has 1 saturated heterocycles. The summed E-state index contributed by atoms with van der Waals surface area (Å²) in [5.41, 5.74) is 0. The second-order valence-corrected chi connectivity index (χ2v) is 3.68. The van der Waals surface area contributed by atoms with Crippen LogP contribution in [0, 0.1) is 0 Å². The molecule has 2 amide bonds. The van der Waals surface area contributed by atoms with Crippen molar-refractivity contribution in [3.8, 4) is 0 Å². The maximum atomic E-state index is 11.5. The fraction of sp³-hybridized carbons (Fsp3) is 0.875. The Morgan fingerprint density at radius 2 is 2.00 bits per heavy atom. The van der Waals surface area contributed by atoms with Gasteiger partial charge in [0.15, 0.2) is 0 Å². The van der Waals surface area contributed by atoms with Gasteiger partial charge in [0, 0.05) is 27.2 Å². The first-order valence-electron chi connectivity index (χ1n) is 4.41. The van der Waals surface area contributed by atoms with Crippen molar-refractivity contribution in [1.29, 1.82) is 0 Å². The van der Waals surface area contributed by atoms with Crippen LogP contribution in [0.25, 0.3) is 0 Å². The van der Waals surface area contributed by atoms with Gasteiger partial charge in [-0.2, -0.15) is 0 Å². The molecule has 1 aliphatic rings. The molecular formula is C8H16N2O2S. The molecule has 0 atom stereocenters. The minimum absolute atomic E-state index is 0.0811. The van der Waals surface area contributed by atoms with E-state index in [1.807, 2.05) is 4.90 Å². The van der Waals surface area contributed by atoms with Crippen LogP contribution in [-0.4, -0.2) is 49.1 Å². The van der Waals surface area contributed by atoms with Gasteiger partial charge < -0.3 is 14.0 Å². The largest absolute Gasteiger partial charge is 0.331 e. The van der Waals surface area contributed by atoms with Crippen LogP contribution in [0.2, 0.25) is 0 Å². The van der Waals surface area contributed by atoms with Crippen LogP contribution >= 0.6 is 12.9 Å². The molecule has 0 saturated carbocycles. The highest BCUT2D eigenvalue weighted by Gasteiger charge is 2.23. The number of rotatable bonds is 1. The number of carbonyl (C=O) groups is 1. The first-order valence-corrected chi connectivity index (χ1v) is 4.78. The van der Waals surface area contributed by atoms with E-state index in [0.717, 1.165) is 25.9 Å². The molecule has 76 valence electrons. The van der Waals surface area contributed by atoms with Crippen LogP contribution in [0.5, 0.6) is 0 Å². The van der Waals surface area contributed by atoms with Gasteiger partial charge in [0.05, 0.1) is 6.10 Å². The third-order valence-electron chi connectivity index (χ3n) is 2.24. The van der Waals surface area contributed by atoms with E-state index in [0.29, 0.717) is 0 Å². The molecule has 0 aromatic heterocycles. The normalized spacial score (nSPS) is 18.8. The van der Waals surface area contributed by atoms with E-state index in [1.165, 1.54) is 0 Å². The molecule has 1 rings (SSSR count). The number of nitrogens with zero attached hydrogens (tertiary/aromatic N) is 2. The highest BCUT2D eigenvalue weighted by molar-refractivity contribution is 7.75. The number of likely N-dealkylation sites (tertiary alicyclic amines) is 1. The zero-order valence-corrected chi connectivity index (χ0v) is 8.96. The van der Waals surface area contributed by atoms with E-state index >= 15 is 0 Å². The van der Waals surface area contributed by atoms with Crippen molar-refractivity contribution >= 4 is 18.9 Å². The van der Waals surface area contributed by atoms with E-state index < -0.39 is 0 Å². The Morgan fingerprint density at radius 1 is 1.46 bits per heavy atom. The Hall–Kier alpha value is -0.420. The molecular weight excluding hydrogens is 188 g/mol. The summed E-state index contributed by atoms with van der Waals surface area (Å²) in [6, 6.07) is 0.0811. The van der Waals surface area contributed by atoms with Gasteiger partial charge in [0.1, 0.15) is 0 Å². The molecule has 5 heteroatoms. The summed E-state index contributed by atoms with van der Waals surface area (Å²) in [6.07, 6.45) is 1.96. The summed E-state index contributed by atoms with van der Waals surface area (Å²) < 4.78 is 4.92. The van der Waals surface area contributed by atoms with Gasteiger partial charge in [-0.25, -0.2) is 4.79 Å². The Balaban J connectivity index is 2.36. The van der Waals surface area contributed by atoms with Gasteiger partial charge >= 0.3 is 6.03 Å². The highest BCUT2D eigenvalue weighted by Crippen LogP contribution is 2.15. The van der Waals surface area contributed by atoms with E-state index in [9.17, 15) is 4.79 Å². The lowest BCUT2D eigenvalue weighted by Gasteiger charge is -2.32. The third-order valence-corrected chi connectivity index (χ3v) is 2.54. The molecule has 0 N–H and O–H groups in total. The monoisotopic (exact) mass is 204 g/mol. The lowest BCUT2D eigenvalue weighted by molar-refractivity contribution is 0.116. The van der Waals surface area contributed by atoms with Crippen LogP contribution in [0.1, 0.15) is 12.8 Å². The van der Waals surface area contributed by atoms with Gasteiger partial charge in [-0.05, 0) is 25.8 Å². The summed E-state index contributed by atoms with van der Waals surface area (Å²) in [6.45, 7) is 1.53. The van der Waals surface area contributed by atoms with Crippen molar-refractivity contribution in [2.45, 2.75) is 18.9 Å². The first kappa shape index (κ1) is 10.7. The predicted octanol–water partition coefficient (Wildman–Crippen LogP) is 0.994. The Morgan fingerprint density at radius 3 is 2.38 bits per heavy atom. The van der Waals surface area contributed by atoms with Gasteiger partial charge in [-0.3, -0.25) is 0 Å². The molecule has 0 radical (unpaired) electrons. The van der Waals surface area contributed by atoms with Crippen LogP contribution in [-0.2, 0) is 4.18 Å². The number of hydrogen-bond donors (Lipinski definition) is 1. The zero-order valence-electron chi connectivity index (χ0n) is 8.06. The average molecular weight is 204 g/mol. The predicted molar refractivity (Wildman–Crippen MR) is 53.7 cm³/mol. The molecule has 0 aromatic rings. The van der Waals surface area contributed by atoms with Gasteiger partial charge in [-0.15, -0.1) is 0 Å². The quantitative estimate of drug-likeness (QED) is 0.510. The van der Waals surface area contributed by atoms with Crippen molar-refractivity contribution in [2.75, 3.05) is 27.2 Å². The Bertz CT molecular complexity index is 179. The van der Waals surface area contributed by atoms with E-state index in [4.69, 9.17) is 4.18 Å². The molecule has 0 spiro atoms. The zero-order chi connectivity index (χ0) is 9.84. The first-order chi connectivity index (χ1) is 6.15. The van der Waals surface area contributed by atoms with Crippen LogP contribution in [0.15, 0.2) is 0 Å². The van der Waals surface area contributed by atoms with Gasteiger partial charge in [0.25, 0.3) is 0 Å². The molecule has 13 heavy (non-hydrogen) atoms. The smallest absolute Gasteiger partial charge is 0.319 e. The second-order valence-electron chi connectivity index (χ2n) is 3.47. The van der Waals surface area contributed by atoms with Crippen molar-refractivity contribution in [1.82, 2.24) is 9.80 Å². The maximum Gasteiger partial charge on any atom is 0.319 e. The molecule has 4 nitrogen and oxygen atoms in total. The second kappa shape index (κ2) is 4.72. The Kier molecular flexibility index (Phi) is 3.87. The molecule has 0 aliphatic carbocycles. The lowest BCUT2D eigenvalue weighted by atomic mass is 10.1. The van der Waals surface area contributed by atoms with Crippen molar-refractivity contribution in [2.24, 2.45) is 0 Å². The van der Waals surface area contributed by atoms with Crippen molar-refractivity contribution in [3.05, 3.63) is 0 Å². The Labute approximate surface area is 84.4 Å². The summed E-state index contributed by atoms with van der Waals surface area (Å²) >= 11 is 3.77. The number of carbonyl (C=O) groups excluding carboxylic acids is 1. The summed E-state index contributed by atoms with van der Waals surface area (Å²) in [4.78, 5) is 14.9. The van der Waals surface area contributed by atoms with E-state index in [-0.39, 0.29) is 12.1 Å². The fourth-order valence-electron chi connectivity index (χ4n) is 1.44. The van der Waals surface area contributed by atoms with Crippen LogP contribution in [0.4, 0.5) is 4.79 Å². The van der Waals surface area contributed by atoms with Gasteiger partial charge in [0.2, 0.25) is 0 Å². The highest BCUT2D eigenvalue weighted by atomic mass is 32.1. The fourth-order valence-corrected chi connectivity index (χ4v) is 1.65. The number of thiol groups is 1. The number of piperidine rings is 1. The SMILES string of the molecule is CN(C)C(=O)N1CCC(OS)CC1. The minimum Gasteiger partial charge on any atom is -0.331 e. The molecule has 0 bridgehead atoms. The topological polar surface area (TPSA) is 32.8 Å².